The van der Waals surface area contributed by atoms with Gasteiger partial charge in [0.15, 0.2) is 0 Å². The molecule has 9 heavy (non-hydrogen) atoms. The summed E-state index contributed by atoms with van der Waals surface area (Å²) < 4.78 is 13.8. The Bertz CT molecular complexity index is 76.6. The van der Waals surface area contributed by atoms with E-state index >= 15 is 0 Å². The molecular formula is C3H7O5P. The summed E-state index contributed by atoms with van der Waals surface area (Å²) in [6.07, 6.45) is -0.934. The van der Waals surface area contributed by atoms with Crippen LogP contribution in [0.1, 0.15) is 0 Å². The van der Waals surface area contributed by atoms with Gasteiger partial charge in [-0.1, -0.05) is 0 Å². The summed E-state index contributed by atoms with van der Waals surface area (Å²) in [6, 6.07) is 0. The van der Waals surface area contributed by atoms with Crippen LogP contribution in [0.5, 0.6) is 0 Å². The molecule has 0 saturated heterocycles. The molecule has 0 heterocycles. The van der Waals surface area contributed by atoms with Gasteiger partial charge in [-0.25, -0.2) is 9.45 Å². The molecule has 5 nitrogen and oxygen atoms in total. The third-order valence-corrected chi connectivity index (χ3v) is 0.841. The van der Waals surface area contributed by atoms with Gasteiger partial charge in [-0.3, -0.25) is 9.78 Å². The molecule has 0 aliphatic heterocycles. The SMILES string of the molecule is O=POCC(O)COO. The predicted octanol–water partition coefficient (Wildman–Crippen LogP) is 0.0602. The van der Waals surface area contributed by atoms with Crippen molar-refractivity contribution in [3.8, 4) is 0 Å². The third kappa shape index (κ3) is 5.82. The van der Waals surface area contributed by atoms with Gasteiger partial charge < -0.3 is 5.11 Å². The van der Waals surface area contributed by atoms with Crippen molar-refractivity contribution in [2.45, 2.75) is 6.10 Å². The first-order valence-electron chi connectivity index (χ1n) is 2.20. The maximum atomic E-state index is 9.57. The quantitative estimate of drug-likeness (QED) is 0.332. The standard InChI is InChI=1S/C3H7O5P/c4-3(1-7-5)2-8-9-6/h3-5H,1-2H2. The second-order valence-corrected chi connectivity index (χ2v) is 1.73. The van der Waals surface area contributed by atoms with Crippen LogP contribution in [0.2, 0.25) is 0 Å². The summed E-state index contributed by atoms with van der Waals surface area (Å²) in [5, 5.41) is 16.4. The molecule has 0 fully saturated rings. The highest BCUT2D eigenvalue weighted by atomic mass is 31.1. The Labute approximate surface area is 53.4 Å². The normalized spacial score (nSPS) is 14.0. The molecule has 6 heteroatoms. The smallest absolute Gasteiger partial charge is 0.327 e. The van der Waals surface area contributed by atoms with Gasteiger partial charge in [0, 0.05) is 0 Å². The van der Waals surface area contributed by atoms with Crippen LogP contribution in [0.4, 0.5) is 0 Å². The first-order valence-corrected chi connectivity index (χ1v) is 2.93. The summed E-state index contributed by atoms with van der Waals surface area (Å²) in [5.41, 5.74) is 0. The van der Waals surface area contributed by atoms with Crippen molar-refractivity contribution in [3.63, 3.8) is 0 Å². The van der Waals surface area contributed by atoms with Gasteiger partial charge in [0.2, 0.25) is 0 Å². The number of rotatable bonds is 5. The van der Waals surface area contributed by atoms with E-state index in [1.54, 1.807) is 0 Å². The summed E-state index contributed by atoms with van der Waals surface area (Å²) in [4.78, 5) is 3.57. The maximum absolute atomic E-state index is 9.57. The molecule has 2 N–H and O–H groups in total. The Balaban J connectivity index is 3.04. The first kappa shape index (κ1) is 8.94. The van der Waals surface area contributed by atoms with Crippen LogP contribution in [0, 0.1) is 0 Å². The molecule has 0 rings (SSSR count). The largest absolute Gasteiger partial charge is 0.388 e. The van der Waals surface area contributed by atoms with E-state index in [-0.39, 0.29) is 13.2 Å². The van der Waals surface area contributed by atoms with Crippen LogP contribution in [-0.4, -0.2) is 29.7 Å². The molecule has 1 atom stereocenters. The number of aliphatic hydroxyl groups is 1. The monoisotopic (exact) mass is 154 g/mol. The van der Waals surface area contributed by atoms with Crippen molar-refractivity contribution in [1.29, 1.82) is 0 Å². The molecule has 0 spiro atoms. The molecule has 0 amide bonds. The zero-order chi connectivity index (χ0) is 7.11. The number of aliphatic hydroxyl groups excluding tert-OH is 1. The van der Waals surface area contributed by atoms with E-state index in [9.17, 15) is 4.57 Å². The van der Waals surface area contributed by atoms with E-state index in [1.165, 1.54) is 0 Å². The van der Waals surface area contributed by atoms with Crippen molar-refractivity contribution >= 4 is 8.69 Å². The molecule has 0 bridgehead atoms. The van der Waals surface area contributed by atoms with Crippen LogP contribution in [-0.2, 0) is 14.0 Å². The van der Waals surface area contributed by atoms with Crippen LogP contribution < -0.4 is 0 Å². The van der Waals surface area contributed by atoms with Crippen molar-refractivity contribution in [2.75, 3.05) is 13.2 Å². The minimum atomic E-state index is -0.934. The predicted molar refractivity (Wildman–Crippen MR) is 28.1 cm³/mol. The van der Waals surface area contributed by atoms with Crippen molar-refractivity contribution < 1.29 is 24.3 Å². The first-order chi connectivity index (χ1) is 4.31. The summed E-state index contributed by atoms with van der Waals surface area (Å²) >= 11 is 0. The van der Waals surface area contributed by atoms with Gasteiger partial charge in [0.25, 0.3) is 0 Å². The second kappa shape index (κ2) is 6.07. The van der Waals surface area contributed by atoms with Gasteiger partial charge >= 0.3 is 8.69 Å². The molecule has 54 valence electrons. The highest BCUT2D eigenvalue weighted by Gasteiger charge is 2.02. The second-order valence-electron chi connectivity index (χ2n) is 1.32. The average Bonchev–Trinajstić information content (AvgIpc) is 1.85. The molecule has 0 aromatic rings. The Morgan fingerprint density at radius 2 is 2.22 bits per heavy atom. The Hall–Kier alpha value is -0.0600. The minimum Gasteiger partial charge on any atom is -0.388 e. The summed E-state index contributed by atoms with van der Waals surface area (Å²) in [5.74, 6) is 0. The van der Waals surface area contributed by atoms with Crippen LogP contribution in [0.25, 0.3) is 0 Å². The van der Waals surface area contributed by atoms with E-state index in [4.69, 9.17) is 10.4 Å². The number of hydrogen-bond acceptors (Lipinski definition) is 5. The zero-order valence-corrected chi connectivity index (χ0v) is 5.45. The van der Waals surface area contributed by atoms with Gasteiger partial charge in [-0.2, -0.15) is 0 Å². The number of hydrogen-bond donors (Lipinski definition) is 2. The van der Waals surface area contributed by atoms with E-state index in [1.807, 2.05) is 0 Å². The fourth-order valence-electron chi connectivity index (χ4n) is 0.251. The lowest BCUT2D eigenvalue weighted by Gasteiger charge is -2.02. The van der Waals surface area contributed by atoms with E-state index in [0.29, 0.717) is 0 Å². The molecule has 1 unspecified atom stereocenters. The van der Waals surface area contributed by atoms with Crippen molar-refractivity contribution in [2.24, 2.45) is 0 Å². The lowest BCUT2D eigenvalue weighted by atomic mass is 10.4. The van der Waals surface area contributed by atoms with E-state index in [0.717, 1.165) is 0 Å². The van der Waals surface area contributed by atoms with Crippen LogP contribution in [0.3, 0.4) is 0 Å². The highest BCUT2D eigenvalue weighted by Crippen LogP contribution is 1.95. The van der Waals surface area contributed by atoms with Crippen molar-refractivity contribution in [3.05, 3.63) is 0 Å². The Morgan fingerprint density at radius 1 is 1.56 bits per heavy atom. The van der Waals surface area contributed by atoms with Gasteiger partial charge in [-0.15, -0.1) is 0 Å². The molecule has 0 radical (unpaired) electrons. The van der Waals surface area contributed by atoms with Crippen LogP contribution >= 0.6 is 8.69 Å². The fraction of sp³-hybridized carbons (Fsp3) is 1.00. The molecule has 0 aromatic carbocycles. The molecule has 0 saturated carbocycles. The van der Waals surface area contributed by atoms with E-state index < -0.39 is 14.8 Å². The lowest BCUT2D eigenvalue weighted by molar-refractivity contribution is -0.258. The molecule has 0 aromatic heterocycles. The van der Waals surface area contributed by atoms with Gasteiger partial charge in [-0.05, 0) is 0 Å². The van der Waals surface area contributed by atoms with Gasteiger partial charge in [0.1, 0.15) is 12.7 Å². The third-order valence-electron chi connectivity index (χ3n) is 0.587. The zero-order valence-electron chi connectivity index (χ0n) is 4.56. The lowest BCUT2D eigenvalue weighted by Crippen LogP contribution is -2.18. The maximum Gasteiger partial charge on any atom is 0.327 e. The van der Waals surface area contributed by atoms with E-state index in [2.05, 4.69) is 9.41 Å². The minimum absolute atomic E-state index is 0.119. The average molecular weight is 154 g/mol. The summed E-state index contributed by atoms with van der Waals surface area (Å²) in [6.45, 7) is -0.360. The molecule has 0 aliphatic rings. The van der Waals surface area contributed by atoms with Gasteiger partial charge in [0.05, 0.1) is 6.61 Å². The van der Waals surface area contributed by atoms with Crippen LogP contribution in [0.15, 0.2) is 0 Å². The summed E-state index contributed by atoms with van der Waals surface area (Å²) in [7, 11) is -0.492. The highest BCUT2D eigenvalue weighted by molar-refractivity contribution is 7.17. The van der Waals surface area contributed by atoms with Crippen molar-refractivity contribution in [1.82, 2.24) is 0 Å². The topological polar surface area (TPSA) is 76.0 Å². The Kier molecular flexibility index (Phi) is 6.03. The Morgan fingerprint density at radius 3 is 2.67 bits per heavy atom. The molecular weight excluding hydrogens is 147 g/mol. The molecule has 0 aliphatic carbocycles. The fourth-order valence-corrected chi connectivity index (χ4v) is 0.484.